The van der Waals surface area contributed by atoms with Gasteiger partial charge in [0.15, 0.2) is 0 Å². The van der Waals surface area contributed by atoms with E-state index >= 15 is 0 Å². The van der Waals surface area contributed by atoms with E-state index in [2.05, 4.69) is 57.9 Å². The summed E-state index contributed by atoms with van der Waals surface area (Å²) in [6, 6.07) is 6.95. The molecule has 2 nitrogen and oxygen atoms in total. The summed E-state index contributed by atoms with van der Waals surface area (Å²) >= 11 is 9.60. The fourth-order valence-corrected chi connectivity index (χ4v) is 3.29. The van der Waals surface area contributed by atoms with E-state index in [0.717, 1.165) is 17.6 Å². The van der Waals surface area contributed by atoms with E-state index in [1.165, 1.54) is 24.2 Å². The Morgan fingerprint density at radius 3 is 2.89 bits per heavy atom. The molecule has 1 aliphatic rings. The summed E-state index contributed by atoms with van der Waals surface area (Å²) in [4.78, 5) is 4.90. The van der Waals surface area contributed by atoms with Crippen molar-refractivity contribution in [1.29, 1.82) is 0 Å². The van der Waals surface area contributed by atoms with Crippen molar-refractivity contribution in [2.24, 2.45) is 0 Å². The van der Waals surface area contributed by atoms with Crippen LogP contribution in [0.15, 0.2) is 22.7 Å². The number of hydrogen-bond acceptors (Lipinski definition) is 2. The fourth-order valence-electron chi connectivity index (χ4n) is 2.67. The van der Waals surface area contributed by atoms with Crippen molar-refractivity contribution in [3.63, 3.8) is 0 Å². The lowest BCUT2D eigenvalue weighted by Crippen LogP contribution is -2.38. The number of hydrogen-bond donors (Lipinski definition) is 0. The number of anilines is 1. The van der Waals surface area contributed by atoms with Gasteiger partial charge in [0, 0.05) is 35.2 Å². The van der Waals surface area contributed by atoms with Crippen molar-refractivity contribution < 1.29 is 0 Å². The molecule has 1 aromatic rings. The third-order valence-electron chi connectivity index (χ3n) is 3.54. The van der Waals surface area contributed by atoms with Crippen molar-refractivity contribution in [3.8, 4) is 0 Å². The van der Waals surface area contributed by atoms with Gasteiger partial charge < -0.3 is 9.80 Å². The molecule has 0 amide bonds. The number of nitrogens with zero attached hydrogens (tertiary/aromatic N) is 2. The van der Waals surface area contributed by atoms with Crippen LogP contribution in [-0.2, 0) is 5.88 Å². The van der Waals surface area contributed by atoms with Gasteiger partial charge in [0.05, 0.1) is 0 Å². The van der Waals surface area contributed by atoms with Gasteiger partial charge in [0.2, 0.25) is 0 Å². The van der Waals surface area contributed by atoms with Gasteiger partial charge in [-0.3, -0.25) is 0 Å². The van der Waals surface area contributed by atoms with Crippen LogP contribution in [-0.4, -0.2) is 37.6 Å². The minimum absolute atomic E-state index is 0.528. The Kier molecular flexibility index (Phi) is 4.93. The number of alkyl halides is 1. The van der Waals surface area contributed by atoms with Crippen LogP contribution < -0.4 is 4.90 Å². The molecule has 18 heavy (non-hydrogen) atoms. The van der Waals surface area contributed by atoms with Gasteiger partial charge in [-0.05, 0) is 50.7 Å². The number of likely N-dealkylation sites (N-methyl/N-ethyl adjacent to an activating group) is 1. The second-order valence-corrected chi connectivity index (χ2v) is 6.25. The monoisotopic (exact) mass is 330 g/mol. The average Bonchev–Trinajstić information content (AvgIpc) is 2.50. The first-order valence-electron chi connectivity index (χ1n) is 6.41. The summed E-state index contributed by atoms with van der Waals surface area (Å²) in [6.45, 7) is 5.68. The van der Waals surface area contributed by atoms with Crippen LogP contribution in [0.2, 0.25) is 0 Å². The number of halogens is 2. The highest BCUT2D eigenvalue weighted by molar-refractivity contribution is 9.10. The Bertz CT molecular complexity index is 411. The van der Waals surface area contributed by atoms with Gasteiger partial charge in [0.25, 0.3) is 0 Å². The van der Waals surface area contributed by atoms with Crippen LogP contribution in [0, 0.1) is 0 Å². The molecule has 1 aliphatic heterocycles. The molecule has 1 fully saturated rings. The first-order chi connectivity index (χ1) is 8.61. The van der Waals surface area contributed by atoms with Gasteiger partial charge in [-0.25, -0.2) is 0 Å². The Morgan fingerprint density at radius 1 is 1.39 bits per heavy atom. The lowest BCUT2D eigenvalue weighted by Gasteiger charge is -2.31. The van der Waals surface area contributed by atoms with Crippen LogP contribution in [0.5, 0.6) is 0 Å². The summed E-state index contributed by atoms with van der Waals surface area (Å²) in [6.07, 6.45) is 1.21. The molecule has 0 saturated carbocycles. The van der Waals surface area contributed by atoms with Crippen molar-refractivity contribution in [1.82, 2.24) is 4.90 Å². The lowest BCUT2D eigenvalue weighted by molar-refractivity contribution is 0.337. The highest BCUT2D eigenvalue weighted by Crippen LogP contribution is 2.28. The first kappa shape index (κ1) is 14.2. The molecule has 100 valence electrons. The van der Waals surface area contributed by atoms with E-state index in [1.54, 1.807) is 0 Å². The van der Waals surface area contributed by atoms with E-state index in [1.807, 2.05) is 0 Å². The van der Waals surface area contributed by atoms with E-state index in [9.17, 15) is 0 Å². The minimum atomic E-state index is 0.528. The smallest absolute Gasteiger partial charge is 0.0494 e. The van der Waals surface area contributed by atoms with E-state index < -0.39 is 0 Å². The quantitative estimate of drug-likeness (QED) is 0.762. The molecule has 0 N–H and O–H groups in total. The third-order valence-corrected chi connectivity index (χ3v) is 4.32. The second kappa shape index (κ2) is 6.27. The summed E-state index contributed by atoms with van der Waals surface area (Å²) in [5, 5.41) is 0. The zero-order valence-electron chi connectivity index (χ0n) is 11.0. The molecule has 0 aliphatic carbocycles. The topological polar surface area (TPSA) is 6.48 Å². The SMILES string of the molecule is CC1CN(C)CCCN1c1ccc(Br)cc1CCl. The van der Waals surface area contributed by atoms with E-state index in [0.29, 0.717) is 11.9 Å². The van der Waals surface area contributed by atoms with Gasteiger partial charge in [0.1, 0.15) is 0 Å². The minimum Gasteiger partial charge on any atom is -0.367 e. The zero-order chi connectivity index (χ0) is 13.1. The Morgan fingerprint density at radius 2 is 2.17 bits per heavy atom. The Labute approximate surface area is 123 Å². The summed E-state index contributed by atoms with van der Waals surface area (Å²) in [5.74, 6) is 0.563. The molecule has 2 rings (SSSR count). The molecular formula is C14H20BrClN2. The maximum Gasteiger partial charge on any atom is 0.0494 e. The molecular weight excluding hydrogens is 312 g/mol. The number of rotatable bonds is 2. The Hall–Kier alpha value is -0.250. The standard InChI is InChI=1S/C14H20BrClN2/c1-11-10-17(2)6-3-7-18(11)14-5-4-13(15)8-12(14)9-16/h4-5,8,11H,3,6-7,9-10H2,1-2H3. The molecule has 0 aromatic heterocycles. The fraction of sp³-hybridized carbons (Fsp3) is 0.571. The third kappa shape index (κ3) is 3.19. The van der Waals surface area contributed by atoms with Gasteiger partial charge in [-0.1, -0.05) is 15.9 Å². The van der Waals surface area contributed by atoms with Crippen molar-refractivity contribution in [3.05, 3.63) is 28.2 Å². The predicted molar refractivity (Wildman–Crippen MR) is 82.6 cm³/mol. The van der Waals surface area contributed by atoms with Crippen LogP contribution in [0.1, 0.15) is 18.9 Å². The molecule has 1 heterocycles. The molecule has 0 bridgehead atoms. The molecule has 1 aromatic carbocycles. The summed E-state index contributed by atoms with van der Waals surface area (Å²) in [7, 11) is 2.20. The number of benzene rings is 1. The molecule has 1 saturated heterocycles. The van der Waals surface area contributed by atoms with Gasteiger partial charge in [-0.15, -0.1) is 11.6 Å². The normalized spacial score (nSPS) is 22.0. The highest BCUT2D eigenvalue weighted by Gasteiger charge is 2.21. The molecule has 1 unspecified atom stereocenters. The summed E-state index contributed by atoms with van der Waals surface area (Å²) < 4.78 is 1.10. The lowest BCUT2D eigenvalue weighted by atomic mass is 10.1. The molecule has 0 spiro atoms. The molecule has 0 radical (unpaired) electrons. The van der Waals surface area contributed by atoms with Gasteiger partial charge in [-0.2, -0.15) is 0 Å². The van der Waals surface area contributed by atoms with Crippen LogP contribution in [0.4, 0.5) is 5.69 Å². The van der Waals surface area contributed by atoms with Crippen molar-refractivity contribution in [2.45, 2.75) is 25.3 Å². The second-order valence-electron chi connectivity index (χ2n) is 5.06. The Balaban J connectivity index is 2.29. The van der Waals surface area contributed by atoms with Crippen molar-refractivity contribution >= 4 is 33.2 Å². The van der Waals surface area contributed by atoms with E-state index in [4.69, 9.17) is 11.6 Å². The van der Waals surface area contributed by atoms with E-state index in [-0.39, 0.29) is 0 Å². The maximum atomic E-state index is 6.08. The van der Waals surface area contributed by atoms with Crippen LogP contribution in [0.25, 0.3) is 0 Å². The largest absolute Gasteiger partial charge is 0.367 e. The van der Waals surface area contributed by atoms with Crippen LogP contribution >= 0.6 is 27.5 Å². The van der Waals surface area contributed by atoms with Crippen molar-refractivity contribution in [2.75, 3.05) is 31.6 Å². The van der Waals surface area contributed by atoms with Crippen LogP contribution in [0.3, 0.4) is 0 Å². The average molecular weight is 332 g/mol. The molecule has 4 heteroatoms. The summed E-state index contributed by atoms with van der Waals surface area (Å²) in [5.41, 5.74) is 2.50. The molecule has 1 atom stereocenters. The zero-order valence-corrected chi connectivity index (χ0v) is 13.3. The maximum absolute atomic E-state index is 6.08. The first-order valence-corrected chi connectivity index (χ1v) is 7.74. The highest BCUT2D eigenvalue weighted by atomic mass is 79.9. The van der Waals surface area contributed by atoms with Gasteiger partial charge >= 0.3 is 0 Å². The predicted octanol–water partition coefficient (Wildman–Crippen LogP) is 3.72.